The topological polar surface area (TPSA) is 88.4 Å². The standard InChI is InChI=1S/C25H23N3O3/c29-10-4-5-11-31-22-8-9-23(24(30)15-22)20-12-19(18-6-2-1-3-7-18)13-21(14-20)25-27-16-26-17-28-25/h1-3,6-9,12-17,29-30H,4-5,10-11H2. The summed E-state index contributed by atoms with van der Waals surface area (Å²) in [7, 11) is 0. The number of hydrogen-bond donors (Lipinski definition) is 2. The molecule has 31 heavy (non-hydrogen) atoms. The third-order valence-electron chi connectivity index (χ3n) is 4.89. The number of rotatable bonds is 8. The van der Waals surface area contributed by atoms with Crippen molar-refractivity contribution in [3.8, 4) is 45.1 Å². The number of phenols is 1. The molecule has 0 saturated carbocycles. The zero-order valence-corrected chi connectivity index (χ0v) is 17.0. The first-order chi connectivity index (χ1) is 15.2. The van der Waals surface area contributed by atoms with Crippen LogP contribution in [0.1, 0.15) is 12.8 Å². The summed E-state index contributed by atoms with van der Waals surface area (Å²) < 4.78 is 5.67. The molecule has 2 N–H and O–H groups in total. The van der Waals surface area contributed by atoms with Gasteiger partial charge in [0.25, 0.3) is 0 Å². The smallest absolute Gasteiger partial charge is 0.162 e. The van der Waals surface area contributed by atoms with Crippen molar-refractivity contribution in [1.82, 2.24) is 15.0 Å². The molecule has 0 radical (unpaired) electrons. The van der Waals surface area contributed by atoms with E-state index >= 15 is 0 Å². The van der Waals surface area contributed by atoms with Crippen LogP contribution in [-0.4, -0.2) is 38.4 Å². The fourth-order valence-corrected chi connectivity index (χ4v) is 3.35. The van der Waals surface area contributed by atoms with Crippen LogP contribution in [0.2, 0.25) is 0 Å². The summed E-state index contributed by atoms with van der Waals surface area (Å²) in [6.45, 7) is 0.640. The number of phenolic OH excluding ortho intramolecular Hbond substituents is 1. The van der Waals surface area contributed by atoms with Gasteiger partial charge in [-0.05, 0) is 59.9 Å². The second-order valence-corrected chi connectivity index (χ2v) is 7.09. The maximum atomic E-state index is 10.7. The lowest BCUT2D eigenvalue weighted by molar-refractivity contribution is 0.253. The minimum Gasteiger partial charge on any atom is -0.507 e. The molecule has 156 valence electrons. The Morgan fingerprint density at radius 1 is 0.742 bits per heavy atom. The summed E-state index contributed by atoms with van der Waals surface area (Å²) in [6, 6.07) is 21.4. The maximum Gasteiger partial charge on any atom is 0.162 e. The molecule has 4 rings (SSSR count). The molecule has 0 bridgehead atoms. The van der Waals surface area contributed by atoms with E-state index in [0.29, 0.717) is 30.2 Å². The van der Waals surface area contributed by atoms with Gasteiger partial charge in [0.05, 0.1) is 6.61 Å². The summed E-state index contributed by atoms with van der Waals surface area (Å²) in [5, 5.41) is 19.6. The zero-order chi connectivity index (χ0) is 21.5. The van der Waals surface area contributed by atoms with E-state index in [1.54, 1.807) is 6.07 Å². The van der Waals surface area contributed by atoms with Crippen molar-refractivity contribution in [2.75, 3.05) is 13.2 Å². The molecule has 0 saturated heterocycles. The number of hydrogen-bond acceptors (Lipinski definition) is 6. The first kappa shape index (κ1) is 20.5. The Kier molecular flexibility index (Phi) is 6.50. The highest BCUT2D eigenvalue weighted by atomic mass is 16.5. The summed E-state index contributed by atoms with van der Waals surface area (Å²) in [4.78, 5) is 12.5. The van der Waals surface area contributed by atoms with Crippen molar-refractivity contribution in [3.05, 3.63) is 79.4 Å². The van der Waals surface area contributed by atoms with Gasteiger partial charge in [0.1, 0.15) is 24.2 Å². The second-order valence-electron chi connectivity index (χ2n) is 7.09. The Morgan fingerprint density at radius 3 is 2.23 bits per heavy atom. The molecule has 6 nitrogen and oxygen atoms in total. The Bertz CT molecular complexity index is 1080. The molecule has 0 amide bonds. The highest BCUT2D eigenvalue weighted by molar-refractivity contribution is 5.81. The number of nitrogens with zero attached hydrogens (tertiary/aromatic N) is 3. The number of aromatic hydroxyl groups is 1. The van der Waals surface area contributed by atoms with Gasteiger partial charge in [-0.1, -0.05) is 30.3 Å². The molecular formula is C25H23N3O3. The molecule has 0 aliphatic heterocycles. The van der Waals surface area contributed by atoms with E-state index in [4.69, 9.17) is 9.84 Å². The van der Waals surface area contributed by atoms with Crippen LogP contribution in [0.5, 0.6) is 11.5 Å². The summed E-state index contributed by atoms with van der Waals surface area (Å²) in [5.74, 6) is 1.29. The average molecular weight is 413 g/mol. The van der Waals surface area contributed by atoms with Gasteiger partial charge in [0.2, 0.25) is 0 Å². The monoisotopic (exact) mass is 413 g/mol. The number of aliphatic hydroxyl groups is 1. The van der Waals surface area contributed by atoms with E-state index < -0.39 is 0 Å². The highest BCUT2D eigenvalue weighted by Gasteiger charge is 2.12. The minimum absolute atomic E-state index is 0.131. The lowest BCUT2D eigenvalue weighted by Gasteiger charge is -2.13. The number of ether oxygens (including phenoxy) is 1. The molecule has 0 aliphatic rings. The van der Waals surface area contributed by atoms with E-state index in [1.165, 1.54) is 12.7 Å². The largest absolute Gasteiger partial charge is 0.507 e. The summed E-state index contributed by atoms with van der Waals surface area (Å²) in [5.41, 5.74) is 4.43. The normalized spacial score (nSPS) is 10.7. The Morgan fingerprint density at radius 2 is 1.48 bits per heavy atom. The molecule has 6 heteroatoms. The lowest BCUT2D eigenvalue weighted by Crippen LogP contribution is -1.98. The number of aromatic nitrogens is 3. The van der Waals surface area contributed by atoms with E-state index in [0.717, 1.165) is 28.7 Å². The molecule has 1 aromatic heterocycles. The first-order valence-electron chi connectivity index (χ1n) is 10.1. The first-order valence-corrected chi connectivity index (χ1v) is 10.1. The van der Waals surface area contributed by atoms with Crippen LogP contribution in [0.15, 0.2) is 79.4 Å². The summed E-state index contributed by atoms with van der Waals surface area (Å²) in [6.07, 6.45) is 4.39. The fraction of sp³-hybridized carbons (Fsp3) is 0.160. The van der Waals surface area contributed by atoms with Gasteiger partial charge in [-0.2, -0.15) is 0 Å². The molecule has 4 aromatic rings. The number of aliphatic hydroxyl groups excluding tert-OH is 1. The second kappa shape index (κ2) is 9.82. The zero-order valence-electron chi connectivity index (χ0n) is 17.0. The maximum absolute atomic E-state index is 10.7. The predicted molar refractivity (Wildman–Crippen MR) is 120 cm³/mol. The van der Waals surface area contributed by atoms with Crippen molar-refractivity contribution < 1.29 is 14.9 Å². The van der Waals surface area contributed by atoms with E-state index in [-0.39, 0.29) is 12.4 Å². The van der Waals surface area contributed by atoms with Crippen molar-refractivity contribution in [1.29, 1.82) is 0 Å². The van der Waals surface area contributed by atoms with E-state index in [1.807, 2.05) is 60.7 Å². The van der Waals surface area contributed by atoms with Crippen molar-refractivity contribution in [2.45, 2.75) is 12.8 Å². The molecule has 0 atom stereocenters. The minimum atomic E-state index is 0.131. The molecule has 0 fully saturated rings. The Balaban J connectivity index is 1.72. The van der Waals surface area contributed by atoms with Crippen molar-refractivity contribution in [2.24, 2.45) is 0 Å². The van der Waals surface area contributed by atoms with E-state index in [9.17, 15) is 5.11 Å². The quantitative estimate of drug-likeness (QED) is 0.406. The fourth-order valence-electron chi connectivity index (χ4n) is 3.35. The van der Waals surface area contributed by atoms with Gasteiger partial charge in [0.15, 0.2) is 5.82 Å². The molecular weight excluding hydrogens is 390 g/mol. The molecule has 0 spiro atoms. The Labute approximate surface area is 180 Å². The van der Waals surface area contributed by atoms with Crippen LogP contribution in [0.25, 0.3) is 33.6 Å². The van der Waals surface area contributed by atoms with Gasteiger partial charge in [-0.3, -0.25) is 0 Å². The molecule has 0 unspecified atom stereocenters. The molecule has 1 heterocycles. The lowest BCUT2D eigenvalue weighted by atomic mass is 9.95. The van der Waals surface area contributed by atoms with Crippen molar-refractivity contribution >= 4 is 0 Å². The van der Waals surface area contributed by atoms with E-state index in [2.05, 4.69) is 15.0 Å². The van der Waals surface area contributed by atoms with Crippen LogP contribution >= 0.6 is 0 Å². The summed E-state index contributed by atoms with van der Waals surface area (Å²) >= 11 is 0. The number of unbranched alkanes of at least 4 members (excludes halogenated alkanes) is 1. The van der Waals surface area contributed by atoms with Crippen molar-refractivity contribution in [3.63, 3.8) is 0 Å². The van der Waals surface area contributed by atoms with Gasteiger partial charge < -0.3 is 14.9 Å². The van der Waals surface area contributed by atoms with Crippen LogP contribution in [0.3, 0.4) is 0 Å². The van der Waals surface area contributed by atoms with Gasteiger partial charge >= 0.3 is 0 Å². The molecule has 3 aromatic carbocycles. The van der Waals surface area contributed by atoms with Gasteiger partial charge in [-0.15, -0.1) is 0 Å². The third-order valence-corrected chi connectivity index (χ3v) is 4.89. The van der Waals surface area contributed by atoms with Gasteiger partial charge in [-0.25, -0.2) is 15.0 Å². The number of benzene rings is 3. The predicted octanol–water partition coefficient (Wildman–Crippen LogP) is 4.73. The molecule has 0 aliphatic carbocycles. The highest BCUT2D eigenvalue weighted by Crippen LogP contribution is 2.37. The van der Waals surface area contributed by atoms with Crippen LogP contribution in [-0.2, 0) is 0 Å². The SMILES string of the molecule is OCCCCOc1ccc(-c2cc(-c3ccccc3)cc(-c3ncncn3)c2)c(O)c1. The van der Waals surface area contributed by atoms with Crippen LogP contribution in [0, 0.1) is 0 Å². The van der Waals surface area contributed by atoms with Crippen LogP contribution in [0.4, 0.5) is 0 Å². The Hall–Kier alpha value is -3.77. The average Bonchev–Trinajstić information content (AvgIpc) is 2.83. The van der Waals surface area contributed by atoms with Crippen LogP contribution < -0.4 is 4.74 Å². The third kappa shape index (κ3) is 5.05. The van der Waals surface area contributed by atoms with Gasteiger partial charge in [0, 0.05) is 23.8 Å².